The molecule has 0 aromatic heterocycles. The fourth-order valence-corrected chi connectivity index (χ4v) is 3.07. The minimum Gasteiger partial charge on any atom is -0.481 e. The molecule has 0 aliphatic heterocycles. The Morgan fingerprint density at radius 1 is 1.50 bits per heavy atom. The molecule has 0 unspecified atom stereocenters. The number of hydrogen-bond donors (Lipinski definition) is 1. The fraction of sp³-hybridized carbons (Fsp3) is 0.222. The molecule has 0 atom stereocenters. The molecule has 16 heavy (non-hydrogen) atoms. The summed E-state index contributed by atoms with van der Waals surface area (Å²) in [5.74, 6) is -1.03. The largest absolute Gasteiger partial charge is 0.481 e. The first kappa shape index (κ1) is 13.3. The van der Waals surface area contributed by atoms with Crippen LogP contribution in [0.25, 0.3) is 0 Å². The number of carboxylic acids is 1. The molecule has 7 heteroatoms. The summed E-state index contributed by atoms with van der Waals surface area (Å²) in [6, 6.07) is 4.36. The minimum absolute atomic E-state index is 0.0499. The topological polar surface area (TPSA) is 71.4 Å². The summed E-state index contributed by atoms with van der Waals surface area (Å²) in [6.45, 7) is 0. The van der Waals surface area contributed by atoms with E-state index in [0.29, 0.717) is 4.90 Å². The van der Waals surface area contributed by atoms with E-state index in [-0.39, 0.29) is 15.7 Å². The quantitative estimate of drug-likeness (QED) is 0.853. The molecule has 1 N–H and O–H groups in total. The zero-order valence-corrected chi connectivity index (χ0v) is 10.7. The Hall–Kier alpha value is -0.720. The van der Waals surface area contributed by atoms with E-state index in [9.17, 15) is 13.2 Å². The van der Waals surface area contributed by atoms with Crippen molar-refractivity contribution in [2.75, 3.05) is 12.0 Å². The Labute approximate surface area is 103 Å². The Morgan fingerprint density at radius 2 is 2.12 bits per heavy atom. The molecular formula is C9H9ClO4S2. The summed E-state index contributed by atoms with van der Waals surface area (Å²) in [7, 11) is -3.34. The van der Waals surface area contributed by atoms with Gasteiger partial charge in [-0.2, -0.15) is 0 Å². The van der Waals surface area contributed by atoms with Crippen molar-refractivity contribution in [1.82, 2.24) is 0 Å². The molecule has 0 fully saturated rings. The summed E-state index contributed by atoms with van der Waals surface area (Å²) in [4.78, 5) is 11.0. The van der Waals surface area contributed by atoms with Gasteiger partial charge in [0.25, 0.3) is 0 Å². The summed E-state index contributed by atoms with van der Waals surface area (Å²) < 4.78 is 22.5. The molecular weight excluding hydrogens is 272 g/mol. The first-order chi connectivity index (χ1) is 7.30. The van der Waals surface area contributed by atoms with Crippen LogP contribution in [0.4, 0.5) is 0 Å². The minimum atomic E-state index is -3.34. The predicted octanol–water partition coefficient (Wildman–Crippen LogP) is 1.92. The average Bonchev–Trinajstić information content (AvgIpc) is 2.12. The number of carboxylic acid groups (broad SMARTS) is 1. The van der Waals surface area contributed by atoms with Crippen molar-refractivity contribution < 1.29 is 18.3 Å². The predicted molar refractivity (Wildman–Crippen MR) is 62.9 cm³/mol. The highest BCUT2D eigenvalue weighted by Gasteiger charge is 2.12. The number of benzene rings is 1. The van der Waals surface area contributed by atoms with Gasteiger partial charge in [0.05, 0.1) is 15.7 Å². The Morgan fingerprint density at radius 3 is 2.56 bits per heavy atom. The summed E-state index contributed by atoms with van der Waals surface area (Å²) in [6.07, 6.45) is 1.07. The lowest BCUT2D eigenvalue weighted by molar-refractivity contribution is -0.133. The van der Waals surface area contributed by atoms with E-state index in [1.165, 1.54) is 18.2 Å². The third-order valence-electron chi connectivity index (χ3n) is 1.67. The van der Waals surface area contributed by atoms with Crippen LogP contribution >= 0.6 is 23.4 Å². The van der Waals surface area contributed by atoms with Gasteiger partial charge < -0.3 is 5.11 Å². The lowest BCUT2D eigenvalue weighted by Gasteiger charge is -2.04. The second-order valence-corrected chi connectivity index (χ2v) is 6.49. The van der Waals surface area contributed by atoms with Gasteiger partial charge in [-0.1, -0.05) is 11.6 Å². The van der Waals surface area contributed by atoms with Crippen LogP contribution in [0, 0.1) is 0 Å². The number of carbonyl (C=O) groups is 1. The van der Waals surface area contributed by atoms with E-state index < -0.39 is 15.8 Å². The zero-order chi connectivity index (χ0) is 12.3. The number of sulfone groups is 1. The first-order valence-electron chi connectivity index (χ1n) is 4.15. The highest BCUT2D eigenvalue weighted by Crippen LogP contribution is 2.27. The van der Waals surface area contributed by atoms with Gasteiger partial charge in [0.1, 0.15) is 0 Å². The van der Waals surface area contributed by atoms with Gasteiger partial charge in [0.2, 0.25) is 0 Å². The van der Waals surface area contributed by atoms with E-state index in [4.69, 9.17) is 16.7 Å². The number of halogens is 1. The molecule has 0 saturated carbocycles. The van der Waals surface area contributed by atoms with Crippen LogP contribution in [0.15, 0.2) is 28.0 Å². The van der Waals surface area contributed by atoms with Crippen LogP contribution in [0.5, 0.6) is 0 Å². The maximum absolute atomic E-state index is 11.2. The molecule has 0 bridgehead atoms. The normalized spacial score (nSPS) is 11.4. The van der Waals surface area contributed by atoms with E-state index in [1.54, 1.807) is 0 Å². The molecule has 1 aromatic rings. The molecule has 0 amide bonds. The van der Waals surface area contributed by atoms with E-state index >= 15 is 0 Å². The van der Waals surface area contributed by atoms with E-state index in [0.717, 1.165) is 18.0 Å². The van der Waals surface area contributed by atoms with Crippen LogP contribution in [0.1, 0.15) is 0 Å². The average molecular weight is 281 g/mol. The maximum Gasteiger partial charge on any atom is 0.313 e. The van der Waals surface area contributed by atoms with Crippen LogP contribution in [0.3, 0.4) is 0 Å². The maximum atomic E-state index is 11.2. The first-order valence-corrected chi connectivity index (χ1v) is 7.40. The third-order valence-corrected chi connectivity index (χ3v) is 4.22. The molecule has 1 aromatic carbocycles. The van der Waals surface area contributed by atoms with Crippen molar-refractivity contribution in [2.24, 2.45) is 0 Å². The number of hydrogen-bond acceptors (Lipinski definition) is 4. The lowest BCUT2D eigenvalue weighted by atomic mass is 10.4. The van der Waals surface area contributed by atoms with Crippen LogP contribution in [0.2, 0.25) is 5.02 Å². The van der Waals surface area contributed by atoms with Crippen molar-refractivity contribution in [3.05, 3.63) is 23.2 Å². The van der Waals surface area contributed by atoms with Crippen LogP contribution < -0.4 is 0 Å². The van der Waals surface area contributed by atoms with Crippen molar-refractivity contribution >= 4 is 39.2 Å². The SMILES string of the molecule is CS(=O)(=O)c1ccc(SCC(=O)O)cc1Cl. The monoisotopic (exact) mass is 280 g/mol. The summed E-state index contributed by atoms with van der Waals surface area (Å²) in [5, 5.41) is 8.59. The molecule has 88 valence electrons. The Balaban J connectivity index is 2.96. The Bertz CT molecular complexity index is 510. The molecule has 4 nitrogen and oxygen atoms in total. The highest BCUT2D eigenvalue weighted by molar-refractivity contribution is 8.00. The van der Waals surface area contributed by atoms with Gasteiger partial charge in [-0.25, -0.2) is 8.42 Å². The van der Waals surface area contributed by atoms with Crippen molar-refractivity contribution in [1.29, 1.82) is 0 Å². The van der Waals surface area contributed by atoms with Gasteiger partial charge >= 0.3 is 5.97 Å². The molecule has 0 saturated heterocycles. The van der Waals surface area contributed by atoms with Crippen LogP contribution in [-0.2, 0) is 14.6 Å². The molecule has 0 heterocycles. The Kier molecular flexibility index (Phi) is 4.23. The van der Waals surface area contributed by atoms with E-state index in [1.807, 2.05) is 0 Å². The molecule has 0 spiro atoms. The van der Waals surface area contributed by atoms with E-state index in [2.05, 4.69) is 0 Å². The molecule has 0 aliphatic carbocycles. The zero-order valence-electron chi connectivity index (χ0n) is 8.31. The van der Waals surface area contributed by atoms with Gasteiger partial charge in [0, 0.05) is 11.2 Å². The van der Waals surface area contributed by atoms with Gasteiger partial charge in [-0.3, -0.25) is 4.79 Å². The van der Waals surface area contributed by atoms with Crippen LogP contribution in [-0.4, -0.2) is 31.5 Å². The molecule has 0 aliphatic rings. The third kappa shape index (κ3) is 3.70. The highest BCUT2D eigenvalue weighted by atomic mass is 35.5. The van der Waals surface area contributed by atoms with Crippen molar-refractivity contribution in [3.8, 4) is 0 Å². The number of thioether (sulfide) groups is 1. The van der Waals surface area contributed by atoms with Crippen molar-refractivity contribution in [3.63, 3.8) is 0 Å². The second-order valence-electron chi connectivity index (χ2n) is 3.05. The van der Waals surface area contributed by atoms with Crippen molar-refractivity contribution in [2.45, 2.75) is 9.79 Å². The number of aliphatic carboxylic acids is 1. The molecule has 0 radical (unpaired) electrons. The lowest BCUT2D eigenvalue weighted by Crippen LogP contribution is -1.99. The smallest absolute Gasteiger partial charge is 0.313 e. The summed E-state index contributed by atoms with van der Waals surface area (Å²) >= 11 is 6.87. The standard InChI is InChI=1S/C9H9ClO4S2/c1-16(13,14)8-3-2-6(4-7(8)10)15-5-9(11)12/h2-4H,5H2,1H3,(H,11,12). The number of rotatable bonds is 4. The van der Waals surface area contributed by atoms with Gasteiger partial charge in [-0.15, -0.1) is 11.8 Å². The fourth-order valence-electron chi connectivity index (χ4n) is 1.02. The van der Waals surface area contributed by atoms with Gasteiger partial charge in [-0.05, 0) is 18.2 Å². The molecule has 1 rings (SSSR count). The van der Waals surface area contributed by atoms with Gasteiger partial charge in [0.15, 0.2) is 9.84 Å². The summed E-state index contributed by atoms with van der Waals surface area (Å²) in [5.41, 5.74) is 0. The second kappa shape index (κ2) is 5.07.